The van der Waals surface area contributed by atoms with E-state index in [1.165, 1.54) is 23.1 Å². The second-order valence-corrected chi connectivity index (χ2v) is 5.02. The molecule has 0 aliphatic carbocycles. The van der Waals surface area contributed by atoms with E-state index >= 15 is 0 Å². The van der Waals surface area contributed by atoms with Gasteiger partial charge in [0.1, 0.15) is 11.5 Å². The third-order valence-corrected chi connectivity index (χ3v) is 3.71. The lowest BCUT2D eigenvalue weighted by molar-refractivity contribution is 0.0761. The Morgan fingerprint density at radius 1 is 1.17 bits per heavy atom. The van der Waals surface area contributed by atoms with Crippen molar-refractivity contribution in [2.45, 2.75) is 27.3 Å². The van der Waals surface area contributed by atoms with E-state index in [4.69, 9.17) is 0 Å². The molecule has 2 aromatic rings. The molecule has 0 aliphatic rings. The van der Waals surface area contributed by atoms with Gasteiger partial charge in [0, 0.05) is 19.6 Å². The molecule has 24 heavy (non-hydrogen) atoms. The number of amides is 1. The van der Waals surface area contributed by atoms with Crippen LogP contribution in [0.25, 0.3) is 5.69 Å². The van der Waals surface area contributed by atoms with Gasteiger partial charge >= 0.3 is 5.69 Å². The molecule has 1 heterocycles. The smallest absolute Gasteiger partial charge is 0.338 e. The van der Waals surface area contributed by atoms with Gasteiger partial charge in [-0.15, -0.1) is 0 Å². The molecule has 1 amide bonds. The summed E-state index contributed by atoms with van der Waals surface area (Å²) in [7, 11) is 0. The Bertz CT molecular complexity index is 868. The van der Waals surface area contributed by atoms with Gasteiger partial charge in [-0.05, 0) is 32.9 Å². The molecule has 0 radical (unpaired) electrons. The minimum absolute atomic E-state index is 0.0488. The normalized spacial score (nSPS) is 10.7. The van der Waals surface area contributed by atoms with E-state index in [1.54, 1.807) is 26.8 Å². The highest BCUT2D eigenvalue weighted by Gasteiger charge is 2.23. The van der Waals surface area contributed by atoms with Crippen LogP contribution in [0.1, 0.15) is 31.3 Å². The van der Waals surface area contributed by atoms with Crippen LogP contribution < -0.4 is 11.2 Å². The van der Waals surface area contributed by atoms with Crippen LogP contribution in [0, 0.1) is 5.82 Å². The maximum atomic E-state index is 14.0. The fourth-order valence-corrected chi connectivity index (χ4v) is 2.37. The number of halogens is 1. The van der Waals surface area contributed by atoms with Gasteiger partial charge in [0.05, 0.1) is 0 Å². The van der Waals surface area contributed by atoms with Crippen LogP contribution in [0.15, 0.2) is 33.9 Å². The van der Waals surface area contributed by atoms with Crippen molar-refractivity contribution in [3.05, 3.63) is 56.6 Å². The number of rotatable bonds is 5. The van der Waals surface area contributed by atoms with Gasteiger partial charge in [-0.2, -0.15) is 9.78 Å². The summed E-state index contributed by atoms with van der Waals surface area (Å²) in [5.41, 5.74) is -2.07. The zero-order chi connectivity index (χ0) is 17.9. The Hall–Kier alpha value is -2.77. The third-order valence-electron chi connectivity index (χ3n) is 3.71. The molecule has 2 rings (SSSR count). The van der Waals surface area contributed by atoms with Crippen molar-refractivity contribution in [1.29, 1.82) is 0 Å². The Morgan fingerprint density at radius 2 is 1.79 bits per heavy atom. The van der Waals surface area contributed by atoms with Crippen molar-refractivity contribution >= 4 is 5.91 Å². The molecule has 0 fully saturated rings. The molecular formula is C16H19FN4O3. The molecule has 0 saturated carbocycles. The molecule has 7 nitrogen and oxygen atoms in total. The molecule has 1 aromatic carbocycles. The molecule has 0 unspecified atom stereocenters. The van der Waals surface area contributed by atoms with Crippen LogP contribution in [0.5, 0.6) is 0 Å². The summed E-state index contributed by atoms with van der Waals surface area (Å²) in [5, 5.41) is 3.87. The quantitative estimate of drug-likeness (QED) is 0.818. The van der Waals surface area contributed by atoms with Crippen molar-refractivity contribution in [3.8, 4) is 5.69 Å². The zero-order valence-electron chi connectivity index (χ0n) is 13.8. The first-order chi connectivity index (χ1) is 11.5. The van der Waals surface area contributed by atoms with Crippen molar-refractivity contribution in [2.24, 2.45) is 0 Å². The van der Waals surface area contributed by atoms with Gasteiger partial charge in [-0.1, -0.05) is 12.1 Å². The van der Waals surface area contributed by atoms with Crippen LogP contribution >= 0.6 is 0 Å². The number of hydrogen-bond acceptors (Lipinski definition) is 4. The third kappa shape index (κ3) is 2.99. The van der Waals surface area contributed by atoms with Gasteiger partial charge in [-0.3, -0.25) is 14.2 Å². The van der Waals surface area contributed by atoms with E-state index in [2.05, 4.69) is 5.10 Å². The maximum Gasteiger partial charge on any atom is 0.352 e. The summed E-state index contributed by atoms with van der Waals surface area (Å²) in [5.74, 6) is -1.26. The Morgan fingerprint density at radius 3 is 2.33 bits per heavy atom. The summed E-state index contributed by atoms with van der Waals surface area (Å²) in [6.07, 6.45) is 0. The van der Waals surface area contributed by atoms with Crippen LogP contribution in [0.3, 0.4) is 0 Å². The fourth-order valence-electron chi connectivity index (χ4n) is 2.37. The number of carbonyl (C=O) groups excluding carboxylic acids is 1. The van der Waals surface area contributed by atoms with E-state index in [0.717, 1.165) is 9.25 Å². The highest BCUT2D eigenvalue weighted by Crippen LogP contribution is 2.09. The molecule has 0 saturated heterocycles. The van der Waals surface area contributed by atoms with Gasteiger partial charge in [0.15, 0.2) is 0 Å². The predicted octanol–water partition coefficient (Wildman–Crippen LogP) is 1.04. The van der Waals surface area contributed by atoms with E-state index in [9.17, 15) is 18.8 Å². The Kier molecular flexibility index (Phi) is 5.28. The standard InChI is InChI=1S/C16H19FN4O3/c1-4-19(5-2)14(22)13-15(23)20(6-3)16(24)21(18-13)12-10-8-7-9-11(12)17/h7-10H,4-6H2,1-3H3. The van der Waals surface area contributed by atoms with Crippen molar-refractivity contribution in [3.63, 3.8) is 0 Å². The number of benzene rings is 1. The predicted molar refractivity (Wildman–Crippen MR) is 87.0 cm³/mol. The second-order valence-electron chi connectivity index (χ2n) is 5.02. The van der Waals surface area contributed by atoms with Crippen LogP contribution in [-0.4, -0.2) is 38.2 Å². The monoisotopic (exact) mass is 334 g/mol. The minimum Gasteiger partial charge on any atom is -0.338 e. The van der Waals surface area contributed by atoms with Gasteiger partial charge in [-0.25, -0.2) is 9.18 Å². The van der Waals surface area contributed by atoms with Crippen molar-refractivity contribution in [1.82, 2.24) is 19.2 Å². The van der Waals surface area contributed by atoms with Crippen molar-refractivity contribution < 1.29 is 9.18 Å². The van der Waals surface area contributed by atoms with Crippen LogP contribution in [0.2, 0.25) is 0 Å². The fraction of sp³-hybridized carbons (Fsp3) is 0.375. The van der Waals surface area contributed by atoms with Crippen LogP contribution in [-0.2, 0) is 6.54 Å². The summed E-state index contributed by atoms with van der Waals surface area (Å²) in [6, 6.07) is 5.55. The maximum absolute atomic E-state index is 14.0. The lowest BCUT2D eigenvalue weighted by Crippen LogP contribution is -2.46. The molecule has 1 aromatic heterocycles. The lowest BCUT2D eigenvalue weighted by atomic mass is 10.3. The highest BCUT2D eigenvalue weighted by molar-refractivity contribution is 5.91. The van der Waals surface area contributed by atoms with E-state index in [1.807, 2.05) is 0 Å². The molecule has 0 N–H and O–H groups in total. The van der Waals surface area contributed by atoms with Crippen molar-refractivity contribution in [2.75, 3.05) is 13.1 Å². The highest BCUT2D eigenvalue weighted by atomic mass is 19.1. The first-order valence-corrected chi connectivity index (χ1v) is 7.74. The SMILES string of the molecule is CCN(CC)C(=O)c1nn(-c2ccccc2F)c(=O)n(CC)c1=O. The molecule has 0 spiro atoms. The van der Waals surface area contributed by atoms with Gasteiger partial charge in [0.2, 0.25) is 5.69 Å². The summed E-state index contributed by atoms with van der Waals surface area (Å²) < 4.78 is 15.7. The molecular weight excluding hydrogens is 315 g/mol. The molecule has 8 heteroatoms. The van der Waals surface area contributed by atoms with E-state index < -0.39 is 28.7 Å². The average Bonchev–Trinajstić information content (AvgIpc) is 2.57. The topological polar surface area (TPSA) is 77.2 Å². The summed E-state index contributed by atoms with van der Waals surface area (Å²) in [6.45, 7) is 5.97. The number of nitrogens with zero attached hydrogens (tertiary/aromatic N) is 4. The number of aromatic nitrogens is 3. The minimum atomic E-state index is -0.788. The second kappa shape index (κ2) is 7.20. The lowest BCUT2D eigenvalue weighted by Gasteiger charge is -2.18. The van der Waals surface area contributed by atoms with E-state index in [-0.39, 0.29) is 12.2 Å². The first-order valence-electron chi connectivity index (χ1n) is 7.74. The summed E-state index contributed by atoms with van der Waals surface area (Å²) >= 11 is 0. The van der Waals surface area contributed by atoms with Gasteiger partial charge < -0.3 is 4.90 Å². The zero-order valence-corrected chi connectivity index (χ0v) is 13.8. The Labute approximate surface area is 138 Å². The summed E-state index contributed by atoms with van der Waals surface area (Å²) in [4.78, 5) is 38.8. The van der Waals surface area contributed by atoms with E-state index in [0.29, 0.717) is 13.1 Å². The van der Waals surface area contributed by atoms with Gasteiger partial charge in [0.25, 0.3) is 11.5 Å². The molecule has 0 aliphatic heterocycles. The first kappa shape index (κ1) is 17.6. The van der Waals surface area contributed by atoms with Crippen LogP contribution in [0.4, 0.5) is 4.39 Å². The number of hydrogen-bond donors (Lipinski definition) is 0. The number of para-hydroxylation sites is 1. The largest absolute Gasteiger partial charge is 0.352 e. The molecule has 128 valence electrons. The molecule has 0 atom stereocenters. The average molecular weight is 334 g/mol. The molecule has 0 bridgehead atoms. The number of carbonyl (C=O) groups is 1. The Balaban J connectivity index is 2.77.